The van der Waals surface area contributed by atoms with Crippen molar-refractivity contribution in [3.8, 4) is 11.8 Å². The Morgan fingerprint density at radius 1 is 1.56 bits per heavy atom. The van der Waals surface area contributed by atoms with Gasteiger partial charge in [0.2, 0.25) is 0 Å². The van der Waals surface area contributed by atoms with Gasteiger partial charge in [-0.2, -0.15) is 0 Å². The van der Waals surface area contributed by atoms with Crippen LogP contribution in [0, 0.1) is 11.8 Å². The average Bonchev–Trinajstić information content (AvgIpc) is 1.80. The van der Waals surface area contributed by atoms with Gasteiger partial charge < -0.3 is 5.32 Å². The first-order chi connectivity index (χ1) is 4.27. The second-order valence-corrected chi connectivity index (χ2v) is 1.45. The van der Waals surface area contributed by atoms with Gasteiger partial charge in [-0.1, -0.05) is 5.92 Å². The Hall–Kier alpha value is -0.620. The van der Waals surface area contributed by atoms with E-state index in [2.05, 4.69) is 17.2 Å². The van der Waals surface area contributed by atoms with E-state index >= 15 is 0 Å². The highest BCUT2D eigenvalue weighted by Crippen LogP contribution is 1.85. The Bertz CT molecular complexity index is 112. The molecule has 9 heavy (non-hydrogen) atoms. The second kappa shape index (κ2) is 5.52. The lowest BCUT2D eigenvalue weighted by molar-refractivity contribution is 0.147. The van der Waals surface area contributed by atoms with E-state index in [-0.39, 0.29) is 6.54 Å². The third-order valence-corrected chi connectivity index (χ3v) is 0.689. The van der Waals surface area contributed by atoms with Crippen molar-refractivity contribution in [2.45, 2.75) is 13.3 Å². The van der Waals surface area contributed by atoms with Crippen molar-refractivity contribution in [3.05, 3.63) is 0 Å². The molecule has 3 heteroatoms. The van der Waals surface area contributed by atoms with E-state index in [4.69, 9.17) is 0 Å². The van der Waals surface area contributed by atoms with Crippen LogP contribution in [0.1, 0.15) is 6.92 Å². The average molecular weight is 133 g/mol. The van der Waals surface area contributed by atoms with E-state index in [9.17, 15) is 8.78 Å². The molecule has 0 spiro atoms. The van der Waals surface area contributed by atoms with Gasteiger partial charge in [0.25, 0.3) is 6.43 Å². The lowest BCUT2D eigenvalue weighted by Crippen LogP contribution is -2.21. The fourth-order valence-electron chi connectivity index (χ4n) is 0.332. The van der Waals surface area contributed by atoms with Crippen LogP contribution in [0.2, 0.25) is 0 Å². The summed E-state index contributed by atoms with van der Waals surface area (Å²) >= 11 is 0. The molecule has 0 heterocycles. The highest BCUT2D eigenvalue weighted by Gasteiger charge is 1.97. The zero-order valence-electron chi connectivity index (χ0n) is 5.25. The molecule has 0 aliphatic carbocycles. The van der Waals surface area contributed by atoms with Crippen LogP contribution in [0.15, 0.2) is 0 Å². The summed E-state index contributed by atoms with van der Waals surface area (Å²) in [5, 5.41) is 2.46. The van der Waals surface area contributed by atoms with Crippen molar-refractivity contribution in [1.29, 1.82) is 0 Å². The lowest BCUT2D eigenvalue weighted by atomic mass is 10.5. The molecular weight excluding hydrogens is 124 g/mol. The van der Waals surface area contributed by atoms with Crippen molar-refractivity contribution >= 4 is 0 Å². The normalized spacial score (nSPS) is 8.89. The van der Waals surface area contributed by atoms with Crippen molar-refractivity contribution in [2.24, 2.45) is 0 Å². The molecule has 0 saturated carbocycles. The predicted octanol–water partition coefficient (Wildman–Crippen LogP) is 0.864. The fourth-order valence-corrected chi connectivity index (χ4v) is 0.332. The predicted molar refractivity (Wildman–Crippen MR) is 32.3 cm³/mol. The molecule has 52 valence electrons. The first kappa shape index (κ1) is 8.38. The summed E-state index contributed by atoms with van der Waals surface area (Å²) in [7, 11) is 0. The van der Waals surface area contributed by atoms with Gasteiger partial charge in [0.1, 0.15) is 0 Å². The Morgan fingerprint density at radius 2 is 2.22 bits per heavy atom. The number of nitrogens with one attached hydrogen (secondary N) is 1. The number of hydrogen-bond acceptors (Lipinski definition) is 1. The zero-order valence-corrected chi connectivity index (χ0v) is 5.25. The summed E-state index contributed by atoms with van der Waals surface area (Å²) in [6.45, 7) is 1.75. The van der Waals surface area contributed by atoms with Crippen LogP contribution in [-0.2, 0) is 0 Å². The summed E-state index contributed by atoms with van der Waals surface area (Å²) in [5.74, 6) is 5.19. The molecule has 0 bridgehead atoms. The summed E-state index contributed by atoms with van der Waals surface area (Å²) in [6, 6.07) is 0. The van der Waals surface area contributed by atoms with E-state index in [0.717, 1.165) is 0 Å². The van der Waals surface area contributed by atoms with E-state index < -0.39 is 6.43 Å². The minimum atomic E-state index is -2.27. The van der Waals surface area contributed by atoms with E-state index in [1.165, 1.54) is 0 Å². The molecule has 0 fully saturated rings. The van der Waals surface area contributed by atoms with Gasteiger partial charge >= 0.3 is 0 Å². The van der Waals surface area contributed by atoms with Gasteiger partial charge in [0.05, 0.1) is 13.1 Å². The molecule has 0 amide bonds. The third kappa shape index (κ3) is 7.38. The molecule has 0 atom stereocenters. The van der Waals surface area contributed by atoms with Gasteiger partial charge in [0.15, 0.2) is 0 Å². The van der Waals surface area contributed by atoms with E-state index in [1.807, 2.05) is 0 Å². The number of hydrogen-bond donors (Lipinski definition) is 1. The third-order valence-electron chi connectivity index (χ3n) is 0.689. The first-order valence-electron chi connectivity index (χ1n) is 2.66. The Labute approximate surface area is 53.4 Å². The highest BCUT2D eigenvalue weighted by atomic mass is 19.3. The van der Waals surface area contributed by atoms with Gasteiger partial charge in [-0.25, -0.2) is 8.78 Å². The van der Waals surface area contributed by atoms with E-state index in [1.54, 1.807) is 6.92 Å². The molecule has 0 saturated heterocycles. The van der Waals surface area contributed by atoms with Crippen LogP contribution in [-0.4, -0.2) is 19.5 Å². The highest BCUT2D eigenvalue weighted by molar-refractivity contribution is 4.96. The SMILES string of the molecule is CC#CCNCC(F)F. The van der Waals surface area contributed by atoms with E-state index in [0.29, 0.717) is 6.54 Å². The van der Waals surface area contributed by atoms with Crippen LogP contribution >= 0.6 is 0 Å². The quantitative estimate of drug-likeness (QED) is 0.445. The molecular formula is C6H9F2N. The van der Waals surface area contributed by atoms with Crippen LogP contribution < -0.4 is 5.32 Å². The minimum absolute atomic E-state index is 0.269. The molecule has 0 aromatic heterocycles. The maximum absolute atomic E-state index is 11.4. The molecule has 0 aliphatic heterocycles. The number of rotatable bonds is 3. The second-order valence-electron chi connectivity index (χ2n) is 1.45. The molecule has 0 radical (unpaired) electrons. The molecule has 0 aromatic rings. The van der Waals surface area contributed by atoms with Crippen LogP contribution in [0.5, 0.6) is 0 Å². The molecule has 0 aliphatic rings. The van der Waals surface area contributed by atoms with Gasteiger partial charge in [-0.15, -0.1) is 5.92 Å². The minimum Gasteiger partial charge on any atom is -0.301 e. The van der Waals surface area contributed by atoms with Crippen molar-refractivity contribution < 1.29 is 8.78 Å². The Kier molecular flexibility index (Phi) is 5.14. The summed E-state index contributed by atoms with van der Waals surface area (Å²) in [5.41, 5.74) is 0. The molecule has 0 rings (SSSR count). The van der Waals surface area contributed by atoms with Crippen molar-refractivity contribution in [1.82, 2.24) is 5.32 Å². The van der Waals surface area contributed by atoms with Crippen LogP contribution in [0.3, 0.4) is 0 Å². The lowest BCUT2D eigenvalue weighted by Gasteiger charge is -1.95. The number of alkyl halides is 2. The summed E-state index contributed by atoms with van der Waals surface area (Å²) in [4.78, 5) is 0. The zero-order chi connectivity index (χ0) is 7.11. The molecule has 0 unspecified atom stereocenters. The first-order valence-corrected chi connectivity index (χ1v) is 2.66. The monoisotopic (exact) mass is 133 g/mol. The van der Waals surface area contributed by atoms with Crippen LogP contribution in [0.25, 0.3) is 0 Å². The maximum Gasteiger partial charge on any atom is 0.250 e. The maximum atomic E-state index is 11.4. The Morgan fingerprint density at radius 3 is 2.67 bits per heavy atom. The summed E-state index contributed by atoms with van der Waals surface area (Å²) < 4.78 is 22.7. The summed E-state index contributed by atoms with van der Waals surface area (Å²) in [6.07, 6.45) is -2.27. The van der Waals surface area contributed by atoms with Crippen molar-refractivity contribution in [2.75, 3.05) is 13.1 Å². The van der Waals surface area contributed by atoms with Gasteiger partial charge in [-0.05, 0) is 6.92 Å². The standard InChI is InChI=1S/C6H9F2N/c1-2-3-4-9-5-6(7)8/h6,9H,4-5H2,1H3. The fraction of sp³-hybridized carbons (Fsp3) is 0.667. The van der Waals surface area contributed by atoms with Gasteiger partial charge in [-0.3, -0.25) is 0 Å². The molecule has 1 nitrogen and oxygen atoms in total. The smallest absolute Gasteiger partial charge is 0.250 e. The molecule has 1 N–H and O–H groups in total. The number of halogens is 2. The molecule has 0 aromatic carbocycles. The topological polar surface area (TPSA) is 12.0 Å². The largest absolute Gasteiger partial charge is 0.301 e. The van der Waals surface area contributed by atoms with Crippen LogP contribution in [0.4, 0.5) is 8.78 Å². The van der Waals surface area contributed by atoms with Crippen molar-refractivity contribution in [3.63, 3.8) is 0 Å². The van der Waals surface area contributed by atoms with Gasteiger partial charge in [0, 0.05) is 0 Å². The Balaban J connectivity index is 2.98.